The number of carbonyl (C=O) groups is 1. The largest absolute Gasteiger partial charge is 0.476 e. The molecule has 0 radical (unpaired) electrons. The molecule has 1 heterocycles. The Morgan fingerprint density at radius 3 is 2.46 bits per heavy atom. The van der Waals surface area contributed by atoms with Gasteiger partial charge in [0.1, 0.15) is 5.75 Å². The molecule has 0 unspecified atom stereocenters. The molecule has 6 nitrogen and oxygen atoms in total. The number of fused-ring (bicyclic) bond motifs is 1. The number of aryl methyl sites for hydroxylation is 1. The van der Waals surface area contributed by atoms with Gasteiger partial charge in [0, 0.05) is 11.1 Å². The van der Waals surface area contributed by atoms with E-state index in [-0.39, 0.29) is 5.91 Å². The number of hydrogen-bond acceptors (Lipinski definition) is 4. The Morgan fingerprint density at radius 1 is 1.12 bits per heavy atom. The van der Waals surface area contributed by atoms with E-state index in [0.29, 0.717) is 27.8 Å². The Balaban J connectivity index is 2.18. The summed E-state index contributed by atoms with van der Waals surface area (Å²) in [4.78, 5) is 14.6. The molecule has 2 aromatic carbocycles. The quantitative estimate of drug-likeness (QED) is 0.857. The summed E-state index contributed by atoms with van der Waals surface area (Å²) in [6.45, 7) is 5.23. The van der Waals surface area contributed by atoms with Crippen molar-refractivity contribution in [2.45, 2.75) is 26.4 Å². The average molecular weight is 395 g/mol. The molecular formula is C18H19ClN2O4S. The summed E-state index contributed by atoms with van der Waals surface area (Å²) in [6, 6.07) is 10.1. The van der Waals surface area contributed by atoms with Crippen LogP contribution < -0.4 is 14.4 Å². The van der Waals surface area contributed by atoms with Crippen molar-refractivity contribution in [3.05, 3.63) is 47.0 Å². The fraction of sp³-hybridized carbons (Fsp3) is 0.278. The standard InChI is InChI=1S/C18H19ClN2O4S/c1-11-5-6-12(19)9-15(11)21-14-8-7-13(20-26(4,23)24)10-16(14)25-18(2,3)17(21)22/h5-10,20H,1-4H3. The molecule has 0 aromatic heterocycles. The maximum Gasteiger partial charge on any atom is 0.275 e. The van der Waals surface area contributed by atoms with Crippen LogP contribution in [-0.2, 0) is 14.8 Å². The van der Waals surface area contributed by atoms with E-state index in [9.17, 15) is 13.2 Å². The van der Waals surface area contributed by atoms with Gasteiger partial charge in [-0.2, -0.15) is 0 Å². The van der Waals surface area contributed by atoms with Gasteiger partial charge < -0.3 is 4.74 Å². The number of rotatable bonds is 3. The maximum absolute atomic E-state index is 13.0. The van der Waals surface area contributed by atoms with E-state index in [1.54, 1.807) is 49.1 Å². The third kappa shape index (κ3) is 3.50. The predicted molar refractivity (Wildman–Crippen MR) is 103 cm³/mol. The van der Waals surface area contributed by atoms with E-state index in [2.05, 4.69) is 4.72 Å². The lowest BCUT2D eigenvalue weighted by atomic mass is 10.0. The van der Waals surface area contributed by atoms with Crippen molar-refractivity contribution in [3.63, 3.8) is 0 Å². The summed E-state index contributed by atoms with van der Waals surface area (Å²) in [6.07, 6.45) is 1.07. The van der Waals surface area contributed by atoms with Gasteiger partial charge in [0.05, 0.1) is 23.3 Å². The summed E-state index contributed by atoms with van der Waals surface area (Å²) in [7, 11) is -3.42. The molecule has 3 rings (SSSR count). The molecule has 0 bridgehead atoms. The van der Waals surface area contributed by atoms with Gasteiger partial charge in [-0.05, 0) is 50.6 Å². The van der Waals surface area contributed by atoms with Crippen LogP contribution in [0.5, 0.6) is 5.75 Å². The van der Waals surface area contributed by atoms with Crippen LogP contribution >= 0.6 is 11.6 Å². The van der Waals surface area contributed by atoms with E-state index < -0.39 is 15.6 Å². The Hall–Kier alpha value is -2.25. The minimum atomic E-state index is -3.42. The second-order valence-electron chi connectivity index (χ2n) is 6.74. The van der Waals surface area contributed by atoms with Crippen molar-refractivity contribution in [1.29, 1.82) is 0 Å². The Labute approximate surface area is 157 Å². The average Bonchev–Trinajstić information content (AvgIpc) is 2.50. The van der Waals surface area contributed by atoms with Crippen molar-refractivity contribution in [3.8, 4) is 5.75 Å². The van der Waals surface area contributed by atoms with Crippen LogP contribution in [0.25, 0.3) is 0 Å². The molecule has 1 aliphatic rings. The van der Waals surface area contributed by atoms with Gasteiger partial charge in [0.2, 0.25) is 10.0 Å². The minimum absolute atomic E-state index is 0.237. The molecule has 0 fully saturated rings. The Morgan fingerprint density at radius 2 is 1.81 bits per heavy atom. The summed E-state index contributed by atoms with van der Waals surface area (Å²) in [5.74, 6) is 0.168. The van der Waals surface area contributed by atoms with Gasteiger partial charge >= 0.3 is 0 Å². The topological polar surface area (TPSA) is 75.7 Å². The SMILES string of the molecule is Cc1ccc(Cl)cc1N1C(=O)C(C)(C)Oc2cc(NS(C)(=O)=O)ccc21. The van der Waals surface area contributed by atoms with Crippen molar-refractivity contribution in [2.24, 2.45) is 0 Å². The normalized spacial score (nSPS) is 16.0. The van der Waals surface area contributed by atoms with Gasteiger partial charge in [0.25, 0.3) is 5.91 Å². The van der Waals surface area contributed by atoms with Gasteiger partial charge in [-0.25, -0.2) is 8.42 Å². The molecule has 0 saturated heterocycles. The highest BCUT2D eigenvalue weighted by atomic mass is 35.5. The minimum Gasteiger partial charge on any atom is -0.476 e. The van der Waals surface area contributed by atoms with E-state index in [1.165, 1.54) is 0 Å². The van der Waals surface area contributed by atoms with Crippen molar-refractivity contribution in [2.75, 3.05) is 15.9 Å². The molecule has 2 aromatic rings. The van der Waals surface area contributed by atoms with Crippen LogP contribution in [0.2, 0.25) is 5.02 Å². The first kappa shape index (κ1) is 18.5. The van der Waals surface area contributed by atoms with Crippen molar-refractivity contribution < 1.29 is 17.9 Å². The Kier molecular flexibility index (Phi) is 4.40. The first-order valence-corrected chi connectivity index (χ1v) is 10.2. The van der Waals surface area contributed by atoms with E-state index >= 15 is 0 Å². The summed E-state index contributed by atoms with van der Waals surface area (Å²) >= 11 is 6.13. The monoisotopic (exact) mass is 394 g/mol. The highest BCUT2D eigenvalue weighted by Gasteiger charge is 2.42. The summed E-state index contributed by atoms with van der Waals surface area (Å²) in [5, 5.41) is 0.514. The lowest BCUT2D eigenvalue weighted by Crippen LogP contribution is -2.50. The van der Waals surface area contributed by atoms with E-state index in [0.717, 1.165) is 11.8 Å². The van der Waals surface area contributed by atoms with Gasteiger partial charge in [-0.1, -0.05) is 17.7 Å². The van der Waals surface area contributed by atoms with Crippen molar-refractivity contribution in [1.82, 2.24) is 0 Å². The molecule has 0 spiro atoms. The molecule has 0 aliphatic carbocycles. The van der Waals surface area contributed by atoms with Gasteiger partial charge in [-0.3, -0.25) is 14.4 Å². The molecule has 0 atom stereocenters. The highest BCUT2D eigenvalue weighted by molar-refractivity contribution is 7.92. The van der Waals surface area contributed by atoms with Crippen LogP contribution in [0, 0.1) is 6.92 Å². The zero-order valence-electron chi connectivity index (χ0n) is 14.8. The van der Waals surface area contributed by atoms with Gasteiger partial charge in [0.15, 0.2) is 5.60 Å². The number of hydrogen-bond donors (Lipinski definition) is 1. The number of sulfonamides is 1. The number of ether oxygens (including phenoxy) is 1. The lowest BCUT2D eigenvalue weighted by Gasteiger charge is -2.39. The molecule has 1 amide bonds. The highest BCUT2D eigenvalue weighted by Crippen LogP contribution is 2.44. The van der Waals surface area contributed by atoms with E-state index in [4.69, 9.17) is 16.3 Å². The molecule has 1 N–H and O–H groups in total. The molecule has 8 heteroatoms. The maximum atomic E-state index is 13.0. The summed E-state index contributed by atoms with van der Waals surface area (Å²) < 4.78 is 31.2. The lowest BCUT2D eigenvalue weighted by molar-refractivity contribution is -0.131. The molecule has 1 aliphatic heterocycles. The smallest absolute Gasteiger partial charge is 0.275 e. The third-order valence-electron chi connectivity index (χ3n) is 4.00. The number of halogens is 1. The number of nitrogens with one attached hydrogen (secondary N) is 1. The zero-order valence-corrected chi connectivity index (χ0v) is 16.4. The molecular weight excluding hydrogens is 376 g/mol. The number of carbonyl (C=O) groups excluding carboxylic acids is 1. The number of benzene rings is 2. The number of anilines is 3. The van der Waals surface area contributed by atoms with E-state index in [1.807, 2.05) is 13.0 Å². The number of nitrogens with zero attached hydrogens (tertiary/aromatic N) is 1. The Bertz CT molecular complexity index is 1000. The van der Waals surface area contributed by atoms with Crippen LogP contribution in [0.4, 0.5) is 17.1 Å². The molecule has 26 heavy (non-hydrogen) atoms. The fourth-order valence-electron chi connectivity index (χ4n) is 2.82. The fourth-order valence-corrected chi connectivity index (χ4v) is 3.54. The number of amides is 1. The second-order valence-corrected chi connectivity index (χ2v) is 8.93. The van der Waals surface area contributed by atoms with Crippen LogP contribution in [0.1, 0.15) is 19.4 Å². The van der Waals surface area contributed by atoms with Crippen LogP contribution in [-0.4, -0.2) is 26.2 Å². The van der Waals surface area contributed by atoms with Gasteiger partial charge in [-0.15, -0.1) is 0 Å². The van der Waals surface area contributed by atoms with Crippen LogP contribution in [0.3, 0.4) is 0 Å². The van der Waals surface area contributed by atoms with Crippen LogP contribution in [0.15, 0.2) is 36.4 Å². The van der Waals surface area contributed by atoms with Crippen molar-refractivity contribution >= 4 is 44.6 Å². The predicted octanol–water partition coefficient (Wildman–Crippen LogP) is 3.86. The third-order valence-corrected chi connectivity index (χ3v) is 4.84. The zero-order chi connectivity index (χ0) is 19.3. The second kappa shape index (κ2) is 6.17. The summed E-state index contributed by atoms with van der Waals surface area (Å²) in [5.41, 5.74) is 1.30. The molecule has 138 valence electrons. The first-order valence-electron chi connectivity index (χ1n) is 7.89. The molecule has 0 saturated carbocycles. The first-order chi connectivity index (χ1) is 12.0.